The molecule has 0 aromatic carbocycles. The molecule has 0 amide bonds. The maximum atomic E-state index is 13.1. The number of rotatable bonds is 12. The second-order valence-corrected chi connectivity index (χ2v) is 20.0. The van der Waals surface area contributed by atoms with Crippen LogP contribution in [0.5, 0.6) is 0 Å². The van der Waals surface area contributed by atoms with Gasteiger partial charge in [-0.2, -0.15) is 0 Å². The van der Waals surface area contributed by atoms with Crippen molar-refractivity contribution in [2.45, 2.75) is 192 Å². The van der Waals surface area contributed by atoms with Crippen molar-refractivity contribution in [2.24, 2.45) is 39.4 Å². The third-order valence-corrected chi connectivity index (χ3v) is 16.3. The highest BCUT2D eigenvalue weighted by molar-refractivity contribution is 5.70. The Hall–Kier alpha value is -1.27. The molecule has 14 heteroatoms. The fraction of sp³-hybridized carbons (Fsp3) is 0.929. The van der Waals surface area contributed by atoms with E-state index < -0.39 is 92.1 Å². The lowest BCUT2D eigenvalue weighted by Gasteiger charge is -2.62. The zero-order chi connectivity index (χ0) is 41.3. The maximum absolute atomic E-state index is 13.1. The van der Waals surface area contributed by atoms with Gasteiger partial charge in [0.15, 0.2) is 12.6 Å². The summed E-state index contributed by atoms with van der Waals surface area (Å²) in [5.74, 6) is -1.09. The Labute approximate surface area is 331 Å². The van der Waals surface area contributed by atoms with Gasteiger partial charge < -0.3 is 64.9 Å². The van der Waals surface area contributed by atoms with Gasteiger partial charge in [-0.1, -0.05) is 45.8 Å². The van der Waals surface area contributed by atoms with Crippen LogP contribution in [-0.4, -0.2) is 138 Å². The minimum atomic E-state index is -1.54. The molecule has 0 aromatic heterocycles. The lowest BCUT2D eigenvalue weighted by molar-refractivity contribution is -0.325. The molecule has 2 saturated carbocycles. The smallest absolute Gasteiger partial charge is 0.306 e. The topological polar surface area (TPSA) is 236 Å². The van der Waals surface area contributed by atoms with E-state index in [2.05, 4.69) is 34.6 Å². The minimum absolute atomic E-state index is 0.0156. The predicted molar refractivity (Wildman–Crippen MR) is 202 cm³/mol. The largest absolute Gasteiger partial charge is 0.481 e. The summed E-state index contributed by atoms with van der Waals surface area (Å²) in [6.45, 7) is 14.1. The molecule has 2 aliphatic heterocycles. The van der Waals surface area contributed by atoms with Crippen molar-refractivity contribution in [3.63, 3.8) is 0 Å². The summed E-state index contributed by atoms with van der Waals surface area (Å²) < 4.78 is 23.8. The van der Waals surface area contributed by atoms with E-state index in [4.69, 9.17) is 18.9 Å². The van der Waals surface area contributed by atoms with Crippen molar-refractivity contribution in [3.05, 3.63) is 11.1 Å². The van der Waals surface area contributed by atoms with Gasteiger partial charge in [-0.3, -0.25) is 4.79 Å². The molecule has 14 nitrogen and oxygen atoms in total. The third-order valence-electron chi connectivity index (χ3n) is 16.3. The number of fused-ring (bicyclic) bond motifs is 4. The molecule has 9 N–H and O–H groups in total. The van der Waals surface area contributed by atoms with E-state index in [1.165, 1.54) is 11.1 Å². The lowest BCUT2D eigenvalue weighted by Crippen LogP contribution is -2.61. The molecule has 6 rings (SSSR count). The summed E-state index contributed by atoms with van der Waals surface area (Å²) in [6, 6.07) is 0. The van der Waals surface area contributed by atoms with Crippen LogP contribution >= 0.6 is 0 Å². The van der Waals surface area contributed by atoms with Gasteiger partial charge in [0, 0.05) is 0 Å². The van der Waals surface area contributed by atoms with E-state index >= 15 is 0 Å². The molecule has 56 heavy (non-hydrogen) atoms. The summed E-state index contributed by atoms with van der Waals surface area (Å²) >= 11 is 0. The average molecular weight is 799 g/mol. The average Bonchev–Trinajstić information content (AvgIpc) is 3.41. The SMILES string of the molecule is CC(C)(CCC[C@@H](C(=O)O)[C@H]1CC[C@@]2(C)C3=C(CC[C@]12C)[C@@]1(C)CC[C@H](OC2OC(CO)C(O)C(O)C2O)C(C)(C)C1CC3)OC1OC(CO)C(O)C(O)C1O. The first-order chi connectivity index (χ1) is 26.1. The van der Waals surface area contributed by atoms with E-state index in [-0.39, 0.29) is 39.6 Å². The monoisotopic (exact) mass is 798 g/mol. The Morgan fingerprint density at radius 2 is 1.36 bits per heavy atom. The van der Waals surface area contributed by atoms with Gasteiger partial charge in [0.25, 0.3) is 0 Å². The van der Waals surface area contributed by atoms with Crippen LogP contribution in [0.2, 0.25) is 0 Å². The van der Waals surface area contributed by atoms with Crippen LogP contribution in [0.3, 0.4) is 0 Å². The summed E-state index contributed by atoms with van der Waals surface area (Å²) in [5, 5.41) is 92.4. The number of aliphatic hydroxyl groups is 8. The Bertz CT molecular complexity index is 1450. The molecule has 4 aliphatic carbocycles. The fourth-order valence-corrected chi connectivity index (χ4v) is 12.7. The van der Waals surface area contributed by atoms with Gasteiger partial charge in [-0.05, 0) is 118 Å². The summed E-state index contributed by atoms with van der Waals surface area (Å²) in [6.07, 6.45) is -5.26. The maximum Gasteiger partial charge on any atom is 0.306 e. The zero-order valence-corrected chi connectivity index (χ0v) is 34.3. The van der Waals surface area contributed by atoms with E-state index in [1.54, 1.807) is 0 Å². The van der Waals surface area contributed by atoms with Crippen molar-refractivity contribution in [1.82, 2.24) is 0 Å². The molecule has 0 aromatic rings. The number of hydrogen-bond acceptors (Lipinski definition) is 13. The number of carbonyl (C=O) groups is 1. The van der Waals surface area contributed by atoms with Crippen LogP contribution in [0.4, 0.5) is 0 Å². The molecule has 0 spiro atoms. The van der Waals surface area contributed by atoms with Crippen molar-refractivity contribution in [1.29, 1.82) is 0 Å². The minimum Gasteiger partial charge on any atom is -0.481 e. The first-order valence-corrected chi connectivity index (χ1v) is 21.0. The number of aliphatic carboxylic acids is 1. The molecule has 4 fully saturated rings. The first-order valence-electron chi connectivity index (χ1n) is 21.0. The summed E-state index contributed by atoms with van der Waals surface area (Å²) in [5.41, 5.74) is 1.41. The molecular weight excluding hydrogens is 728 g/mol. The predicted octanol–water partition coefficient (Wildman–Crippen LogP) is 2.39. The number of allylic oxidation sites excluding steroid dienone is 2. The quantitative estimate of drug-likeness (QED) is 0.129. The van der Waals surface area contributed by atoms with Crippen molar-refractivity contribution in [3.8, 4) is 0 Å². The van der Waals surface area contributed by atoms with Crippen molar-refractivity contribution in [2.75, 3.05) is 13.2 Å². The zero-order valence-electron chi connectivity index (χ0n) is 34.3. The molecule has 11 unspecified atom stereocenters. The number of carboxylic acids is 1. The highest BCUT2D eigenvalue weighted by atomic mass is 16.7. The van der Waals surface area contributed by atoms with Crippen LogP contribution in [0.15, 0.2) is 11.1 Å². The second kappa shape index (κ2) is 16.0. The van der Waals surface area contributed by atoms with Gasteiger partial charge >= 0.3 is 5.97 Å². The summed E-state index contributed by atoms with van der Waals surface area (Å²) in [4.78, 5) is 13.1. The Kier molecular flexibility index (Phi) is 12.6. The van der Waals surface area contributed by atoms with Crippen molar-refractivity contribution >= 4 is 5.97 Å². The molecule has 6 aliphatic rings. The van der Waals surface area contributed by atoms with E-state index in [0.717, 1.165) is 44.9 Å². The Balaban J connectivity index is 1.14. The van der Waals surface area contributed by atoms with Gasteiger partial charge in [-0.15, -0.1) is 0 Å². The van der Waals surface area contributed by atoms with Crippen LogP contribution in [0.25, 0.3) is 0 Å². The highest BCUT2D eigenvalue weighted by Gasteiger charge is 2.65. The Morgan fingerprint density at radius 3 is 1.95 bits per heavy atom. The first kappa shape index (κ1) is 44.3. The second-order valence-electron chi connectivity index (χ2n) is 20.0. The molecular formula is C42H70O14. The molecule has 2 heterocycles. The molecule has 17 atom stereocenters. The number of carboxylic acid groups (broad SMARTS) is 1. The molecule has 0 bridgehead atoms. The Morgan fingerprint density at radius 1 is 0.768 bits per heavy atom. The van der Waals surface area contributed by atoms with E-state index in [9.17, 15) is 50.8 Å². The van der Waals surface area contributed by atoms with Crippen LogP contribution in [-0.2, 0) is 23.7 Å². The molecule has 2 saturated heterocycles. The van der Waals surface area contributed by atoms with Crippen LogP contribution < -0.4 is 0 Å². The summed E-state index contributed by atoms with van der Waals surface area (Å²) in [7, 11) is 0. The van der Waals surface area contributed by atoms with Gasteiger partial charge in [0.1, 0.15) is 48.8 Å². The normalized spacial score (nSPS) is 47.2. The van der Waals surface area contributed by atoms with Crippen molar-refractivity contribution < 1.29 is 69.7 Å². The lowest BCUT2D eigenvalue weighted by atomic mass is 9.43. The van der Waals surface area contributed by atoms with Gasteiger partial charge in [-0.25, -0.2) is 0 Å². The van der Waals surface area contributed by atoms with E-state index in [0.29, 0.717) is 25.7 Å². The molecule has 322 valence electrons. The standard InChI is InChI=1S/C42H70O14/c1-38(2,56-37-34(50)32(48)30(46)26(20-44)54-37)15-8-9-21(35(51)52)22-12-17-42(7)24-10-11-27-39(3,4)28(14-16-40(27,5)23(24)13-18-41(22,42)6)55-36-33(49)31(47)29(45)25(19-43)53-36/h21-22,25-34,36-37,43-50H,8-20H2,1-7H3,(H,51,52)/t21-,22-,25?,26?,27?,28+,29?,30?,31?,32?,33?,34?,36?,37?,40-,41-,42+/m1/s1. The van der Waals surface area contributed by atoms with Crippen LogP contribution in [0.1, 0.15) is 119 Å². The van der Waals surface area contributed by atoms with Gasteiger partial charge in [0.05, 0.1) is 30.8 Å². The van der Waals surface area contributed by atoms with E-state index in [1.807, 2.05) is 13.8 Å². The van der Waals surface area contributed by atoms with Gasteiger partial charge in [0.2, 0.25) is 0 Å². The highest BCUT2D eigenvalue weighted by Crippen LogP contribution is 2.72. The number of ether oxygens (including phenoxy) is 4. The van der Waals surface area contributed by atoms with Crippen LogP contribution in [0, 0.1) is 39.4 Å². The number of hydrogen-bond donors (Lipinski definition) is 9. The molecule has 0 radical (unpaired) electrons. The fourth-order valence-electron chi connectivity index (χ4n) is 12.7. The third kappa shape index (κ3) is 7.33. The number of aliphatic hydroxyl groups excluding tert-OH is 8.